The normalized spacial score (nSPS) is 21.9. The van der Waals surface area contributed by atoms with E-state index in [9.17, 15) is 0 Å². The van der Waals surface area contributed by atoms with E-state index in [-0.39, 0.29) is 5.11 Å². The highest BCUT2D eigenvalue weighted by atomic mass is 32.1. The molecule has 0 spiro atoms. The monoisotopic (exact) mass is 214 g/mol. The fraction of sp³-hybridized carbons (Fsp3) is 0.778. The number of nitrogens with zero attached hydrogens (tertiary/aromatic N) is 2. The summed E-state index contributed by atoms with van der Waals surface area (Å²) in [4.78, 5) is 2.43. The number of nitrogens with two attached hydrogens (primary N) is 1. The molecule has 5 heteroatoms. The Morgan fingerprint density at radius 2 is 2.36 bits per heavy atom. The Bertz CT molecular complexity index is 227. The van der Waals surface area contributed by atoms with E-state index >= 15 is 0 Å². The molecule has 0 atom stereocenters. The molecule has 0 unspecified atom stereocenters. The summed E-state index contributed by atoms with van der Waals surface area (Å²) in [6.45, 7) is 5.57. The molecule has 0 aliphatic carbocycles. The number of thiocarbonyl (C=S) groups is 1. The van der Waals surface area contributed by atoms with Crippen LogP contribution in [0.5, 0.6) is 0 Å². The predicted molar refractivity (Wildman–Crippen MR) is 63.3 cm³/mol. The molecule has 0 radical (unpaired) electrons. The van der Waals surface area contributed by atoms with E-state index in [1.807, 2.05) is 0 Å². The van der Waals surface area contributed by atoms with Gasteiger partial charge in [-0.15, -0.1) is 0 Å². The maximum absolute atomic E-state index is 5.30. The van der Waals surface area contributed by atoms with Gasteiger partial charge in [0.25, 0.3) is 0 Å². The zero-order chi connectivity index (χ0) is 10.4. The molecule has 0 bridgehead atoms. The van der Waals surface area contributed by atoms with Crippen molar-refractivity contribution in [3.8, 4) is 0 Å². The van der Waals surface area contributed by atoms with Crippen molar-refractivity contribution in [2.45, 2.75) is 26.2 Å². The second-order valence-corrected chi connectivity index (χ2v) is 3.88. The van der Waals surface area contributed by atoms with Crippen LogP contribution < -0.4 is 11.2 Å². The highest BCUT2D eigenvalue weighted by Gasteiger charge is 2.10. The Kier molecular flexibility index (Phi) is 4.82. The second kappa shape index (κ2) is 5.93. The lowest BCUT2D eigenvalue weighted by atomic mass is 10.2. The van der Waals surface area contributed by atoms with E-state index in [4.69, 9.17) is 18.0 Å². The molecule has 0 aromatic rings. The van der Waals surface area contributed by atoms with Crippen LogP contribution in [0, 0.1) is 0 Å². The molecule has 1 fully saturated rings. The molecule has 3 N–H and O–H groups in total. The van der Waals surface area contributed by atoms with Crippen LogP contribution in [-0.2, 0) is 0 Å². The van der Waals surface area contributed by atoms with Gasteiger partial charge in [-0.25, -0.2) is 0 Å². The van der Waals surface area contributed by atoms with Crippen molar-refractivity contribution in [3.63, 3.8) is 0 Å². The summed E-state index contributed by atoms with van der Waals surface area (Å²) in [6, 6.07) is 0. The summed E-state index contributed by atoms with van der Waals surface area (Å²) in [6.07, 6.45) is 3.24. The largest absolute Gasteiger partial charge is 0.375 e. The van der Waals surface area contributed by atoms with Crippen LogP contribution >= 0.6 is 12.2 Å². The van der Waals surface area contributed by atoms with E-state index in [1.165, 1.54) is 18.7 Å². The Morgan fingerprint density at radius 3 is 3.00 bits per heavy atom. The SMILES string of the molecule is CCN1CCC/C(=N\NC(N)=S)CC1. The van der Waals surface area contributed by atoms with E-state index in [0.717, 1.165) is 25.9 Å². The number of hydrazone groups is 1. The van der Waals surface area contributed by atoms with Crippen molar-refractivity contribution in [2.75, 3.05) is 19.6 Å². The van der Waals surface area contributed by atoms with Gasteiger partial charge in [0, 0.05) is 18.7 Å². The molecular formula is C9H18N4S. The summed E-state index contributed by atoms with van der Waals surface area (Å²) >= 11 is 4.69. The van der Waals surface area contributed by atoms with Crippen LogP contribution in [0.15, 0.2) is 5.10 Å². The first kappa shape index (κ1) is 11.4. The quantitative estimate of drug-likeness (QED) is 0.524. The third kappa shape index (κ3) is 4.02. The summed E-state index contributed by atoms with van der Waals surface area (Å²) < 4.78 is 0. The van der Waals surface area contributed by atoms with E-state index in [0.29, 0.717) is 0 Å². The third-order valence-corrected chi connectivity index (χ3v) is 2.52. The topological polar surface area (TPSA) is 53.6 Å². The fourth-order valence-corrected chi connectivity index (χ4v) is 1.64. The summed E-state index contributed by atoms with van der Waals surface area (Å²) in [7, 11) is 0. The van der Waals surface area contributed by atoms with E-state index in [1.54, 1.807) is 0 Å². The maximum Gasteiger partial charge on any atom is 0.184 e. The Labute approximate surface area is 90.5 Å². The van der Waals surface area contributed by atoms with Crippen molar-refractivity contribution < 1.29 is 0 Å². The van der Waals surface area contributed by atoms with Gasteiger partial charge in [-0.1, -0.05) is 6.92 Å². The zero-order valence-electron chi connectivity index (χ0n) is 8.62. The van der Waals surface area contributed by atoms with Crippen LogP contribution in [0.4, 0.5) is 0 Å². The summed E-state index contributed by atoms with van der Waals surface area (Å²) in [5.41, 5.74) is 9.13. The highest BCUT2D eigenvalue weighted by molar-refractivity contribution is 7.80. The van der Waals surface area contributed by atoms with Crippen molar-refractivity contribution in [1.29, 1.82) is 0 Å². The molecular weight excluding hydrogens is 196 g/mol. The van der Waals surface area contributed by atoms with Gasteiger partial charge in [0.15, 0.2) is 5.11 Å². The van der Waals surface area contributed by atoms with Crippen LogP contribution in [0.1, 0.15) is 26.2 Å². The van der Waals surface area contributed by atoms with Crippen molar-refractivity contribution >= 4 is 23.0 Å². The number of hydrogen-bond acceptors (Lipinski definition) is 3. The molecule has 1 aliphatic heterocycles. The Balaban J connectivity index is 2.41. The number of nitrogens with one attached hydrogen (secondary N) is 1. The lowest BCUT2D eigenvalue weighted by Crippen LogP contribution is -2.26. The molecule has 0 saturated carbocycles. The molecule has 1 rings (SSSR count). The van der Waals surface area contributed by atoms with E-state index in [2.05, 4.69) is 22.4 Å². The second-order valence-electron chi connectivity index (χ2n) is 3.44. The van der Waals surface area contributed by atoms with Gasteiger partial charge in [0.05, 0.1) is 0 Å². The molecule has 0 aromatic heterocycles. The first-order valence-corrected chi connectivity index (χ1v) is 5.46. The number of rotatable bonds is 2. The summed E-state index contributed by atoms with van der Waals surface area (Å²) in [5.74, 6) is 0. The maximum atomic E-state index is 5.30. The lowest BCUT2D eigenvalue weighted by molar-refractivity contribution is 0.303. The number of likely N-dealkylation sites (tertiary alicyclic amines) is 1. The average molecular weight is 214 g/mol. The minimum Gasteiger partial charge on any atom is -0.375 e. The van der Waals surface area contributed by atoms with Gasteiger partial charge in [0.1, 0.15) is 0 Å². The first-order valence-electron chi connectivity index (χ1n) is 5.05. The van der Waals surface area contributed by atoms with Gasteiger partial charge < -0.3 is 10.6 Å². The minimum atomic E-state index is 0.245. The Hall–Kier alpha value is -0.680. The Morgan fingerprint density at radius 1 is 1.57 bits per heavy atom. The zero-order valence-corrected chi connectivity index (χ0v) is 9.44. The minimum absolute atomic E-state index is 0.245. The van der Waals surface area contributed by atoms with Gasteiger partial charge in [0.2, 0.25) is 0 Å². The van der Waals surface area contributed by atoms with Crippen molar-refractivity contribution in [2.24, 2.45) is 10.8 Å². The summed E-state index contributed by atoms with van der Waals surface area (Å²) in [5, 5.41) is 4.43. The first-order chi connectivity index (χ1) is 6.72. The fourth-order valence-electron chi connectivity index (χ4n) is 1.59. The molecule has 80 valence electrons. The molecule has 1 heterocycles. The third-order valence-electron chi connectivity index (χ3n) is 2.43. The average Bonchev–Trinajstić information content (AvgIpc) is 2.39. The standard InChI is InChI=1S/C9H18N4S/c1-2-13-6-3-4-8(5-7-13)11-12-9(10)14/h2-7H2,1H3,(H3,10,12,14)/b11-8+. The van der Waals surface area contributed by atoms with Gasteiger partial charge in [-0.05, 0) is 38.1 Å². The van der Waals surface area contributed by atoms with Crippen LogP contribution in [0.25, 0.3) is 0 Å². The van der Waals surface area contributed by atoms with E-state index < -0.39 is 0 Å². The molecule has 14 heavy (non-hydrogen) atoms. The lowest BCUT2D eigenvalue weighted by Gasteiger charge is -2.15. The van der Waals surface area contributed by atoms with Gasteiger partial charge >= 0.3 is 0 Å². The van der Waals surface area contributed by atoms with Crippen LogP contribution in [0.2, 0.25) is 0 Å². The predicted octanol–water partition coefficient (Wildman–Crippen LogP) is 0.681. The van der Waals surface area contributed by atoms with Crippen molar-refractivity contribution in [3.05, 3.63) is 0 Å². The van der Waals surface area contributed by atoms with Crippen LogP contribution in [-0.4, -0.2) is 35.4 Å². The van der Waals surface area contributed by atoms with Gasteiger partial charge in [-0.3, -0.25) is 5.43 Å². The smallest absolute Gasteiger partial charge is 0.184 e. The molecule has 1 saturated heterocycles. The van der Waals surface area contributed by atoms with Gasteiger partial charge in [-0.2, -0.15) is 5.10 Å². The molecule has 0 amide bonds. The highest BCUT2D eigenvalue weighted by Crippen LogP contribution is 2.07. The van der Waals surface area contributed by atoms with Crippen molar-refractivity contribution in [1.82, 2.24) is 10.3 Å². The molecule has 0 aromatic carbocycles. The molecule has 4 nitrogen and oxygen atoms in total. The molecule has 1 aliphatic rings. The number of hydrogen-bond donors (Lipinski definition) is 2. The van der Waals surface area contributed by atoms with Crippen LogP contribution in [0.3, 0.4) is 0 Å².